The number of carboxylic acids is 1. The highest BCUT2D eigenvalue weighted by atomic mass is 32.2. The van der Waals surface area contributed by atoms with E-state index in [1.807, 2.05) is 37.3 Å². The minimum atomic E-state index is -0.937. The molecule has 0 bridgehead atoms. The largest absolute Gasteiger partial charge is 0.497 e. The number of amides is 1. The van der Waals surface area contributed by atoms with Gasteiger partial charge in [-0.05, 0) is 49.1 Å². The number of nitriles is 1. The Bertz CT molecular complexity index is 1360. The molecule has 2 N–H and O–H groups in total. The van der Waals surface area contributed by atoms with Gasteiger partial charge in [0.15, 0.2) is 0 Å². The minimum absolute atomic E-state index is 0.0271. The van der Waals surface area contributed by atoms with Crippen molar-refractivity contribution in [2.24, 2.45) is 0 Å². The van der Waals surface area contributed by atoms with E-state index in [4.69, 9.17) is 22.1 Å². The van der Waals surface area contributed by atoms with E-state index in [9.17, 15) is 19.6 Å². The standard InChI is InChI=1S/C27H30N4O5S2/c1-4-5-12-30-24(29-16-18-8-10-19(36-3)11-9-18)20(17(2)21(15-28)25(30)34)14-22-26(35)31(27(37)38-22)13-6-7-23(32)33/h8-11,14,29H,4-7,12-13,16H2,1-3H3,(H,32,33)/b22-14+. The molecule has 1 aromatic heterocycles. The molecule has 2 heterocycles. The molecule has 0 unspecified atom stereocenters. The number of pyridine rings is 1. The van der Waals surface area contributed by atoms with E-state index >= 15 is 0 Å². The first-order valence-corrected chi connectivity index (χ1v) is 13.5. The third-order valence-electron chi connectivity index (χ3n) is 6.15. The molecular formula is C27H30N4O5S2. The van der Waals surface area contributed by atoms with Gasteiger partial charge < -0.3 is 15.2 Å². The van der Waals surface area contributed by atoms with Gasteiger partial charge in [0.2, 0.25) is 0 Å². The Labute approximate surface area is 231 Å². The van der Waals surface area contributed by atoms with E-state index in [0.717, 1.165) is 35.9 Å². The quantitative estimate of drug-likeness (QED) is 0.288. The zero-order valence-corrected chi connectivity index (χ0v) is 23.2. The smallest absolute Gasteiger partial charge is 0.303 e. The molecule has 1 aliphatic heterocycles. The van der Waals surface area contributed by atoms with Gasteiger partial charge in [-0.3, -0.25) is 23.9 Å². The fourth-order valence-electron chi connectivity index (χ4n) is 4.02. The van der Waals surface area contributed by atoms with Gasteiger partial charge in [0, 0.05) is 31.6 Å². The molecule has 38 heavy (non-hydrogen) atoms. The van der Waals surface area contributed by atoms with Gasteiger partial charge in [-0.2, -0.15) is 5.26 Å². The number of benzene rings is 1. The highest BCUT2D eigenvalue weighted by molar-refractivity contribution is 8.26. The number of ether oxygens (including phenoxy) is 1. The number of rotatable bonds is 12. The molecule has 0 spiro atoms. The predicted octanol–water partition coefficient (Wildman–Crippen LogP) is 4.52. The maximum absolute atomic E-state index is 13.3. The number of thiocarbonyl (C=S) groups is 1. The summed E-state index contributed by atoms with van der Waals surface area (Å²) in [6, 6.07) is 9.57. The number of unbranched alkanes of at least 4 members (excludes halogenated alkanes) is 1. The van der Waals surface area contributed by atoms with Crippen LogP contribution in [0.2, 0.25) is 0 Å². The molecule has 1 aromatic carbocycles. The Morgan fingerprint density at radius 3 is 2.55 bits per heavy atom. The maximum Gasteiger partial charge on any atom is 0.303 e. The van der Waals surface area contributed by atoms with Gasteiger partial charge in [-0.15, -0.1) is 0 Å². The number of hydrogen-bond donors (Lipinski definition) is 2. The summed E-state index contributed by atoms with van der Waals surface area (Å²) in [6.07, 6.45) is 3.47. The van der Waals surface area contributed by atoms with Crippen LogP contribution >= 0.6 is 24.0 Å². The number of methoxy groups -OCH3 is 1. The van der Waals surface area contributed by atoms with Crippen molar-refractivity contribution in [2.45, 2.75) is 52.6 Å². The van der Waals surface area contributed by atoms with Crippen LogP contribution in [0.3, 0.4) is 0 Å². The van der Waals surface area contributed by atoms with Crippen molar-refractivity contribution in [1.82, 2.24) is 9.47 Å². The second kappa shape index (κ2) is 13.3. The van der Waals surface area contributed by atoms with Crippen molar-refractivity contribution >= 4 is 52.1 Å². The summed E-state index contributed by atoms with van der Waals surface area (Å²) < 4.78 is 7.14. The van der Waals surface area contributed by atoms with Gasteiger partial charge in [0.25, 0.3) is 11.5 Å². The maximum atomic E-state index is 13.3. The lowest BCUT2D eigenvalue weighted by Gasteiger charge is -2.20. The van der Waals surface area contributed by atoms with Crippen LogP contribution in [-0.4, -0.2) is 44.4 Å². The van der Waals surface area contributed by atoms with Crippen LogP contribution < -0.4 is 15.6 Å². The van der Waals surface area contributed by atoms with Gasteiger partial charge in [-0.25, -0.2) is 0 Å². The lowest BCUT2D eigenvalue weighted by Crippen LogP contribution is -2.29. The molecule has 0 radical (unpaired) electrons. The average Bonchev–Trinajstić information content (AvgIpc) is 3.16. The highest BCUT2D eigenvalue weighted by Crippen LogP contribution is 2.35. The number of thioether (sulfide) groups is 1. The van der Waals surface area contributed by atoms with E-state index < -0.39 is 5.97 Å². The Kier molecular flexibility index (Phi) is 10.1. The predicted molar refractivity (Wildman–Crippen MR) is 152 cm³/mol. The van der Waals surface area contributed by atoms with Crippen molar-refractivity contribution in [1.29, 1.82) is 5.26 Å². The van der Waals surface area contributed by atoms with Crippen molar-refractivity contribution < 1.29 is 19.4 Å². The van der Waals surface area contributed by atoms with Crippen LogP contribution in [-0.2, 0) is 22.7 Å². The molecule has 0 atom stereocenters. The number of carbonyl (C=O) groups excluding carboxylic acids is 1. The fourth-order valence-corrected chi connectivity index (χ4v) is 5.31. The third-order valence-corrected chi connectivity index (χ3v) is 7.53. The van der Waals surface area contributed by atoms with E-state index in [0.29, 0.717) is 39.3 Å². The fraction of sp³-hybridized carbons (Fsp3) is 0.370. The summed E-state index contributed by atoms with van der Waals surface area (Å²) in [7, 11) is 1.60. The summed E-state index contributed by atoms with van der Waals surface area (Å²) in [6.45, 7) is 4.73. The number of aliphatic carboxylic acids is 1. The molecule has 9 nitrogen and oxygen atoms in total. The van der Waals surface area contributed by atoms with Gasteiger partial charge >= 0.3 is 5.97 Å². The van der Waals surface area contributed by atoms with Crippen LogP contribution in [0.5, 0.6) is 5.75 Å². The first-order chi connectivity index (χ1) is 18.2. The van der Waals surface area contributed by atoms with E-state index in [2.05, 4.69) is 5.32 Å². The normalized spacial score (nSPS) is 14.2. The van der Waals surface area contributed by atoms with Gasteiger partial charge in [-0.1, -0.05) is 49.5 Å². The molecule has 200 valence electrons. The molecule has 0 aliphatic carbocycles. The Hall–Kier alpha value is -3.62. The van der Waals surface area contributed by atoms with Crippen molar-refractivity contribution in [3.63, 3.8) is 0 Å². The van der Waals surface area contributed by atoms with E-state index in [1.165, 1.54) is 4.90 Å². The summed E-state index contributed by atoms with van der Waals surface area (Å²) >= 11 is 6.51. The van der Waals surface area contributed by atoms with Crippen LogP contribution in [0.25, 0.3) is 6.08 Å². The Balaban J connectivity index is 2.06. The van der Waals surface area contributed by atoms with Crippen LogP contribution in [0.4, 0.5) is 5.82 Å². The monoisotopic (exact) mass is 554 g/mol. The number of nitrogens with zero attached hydrogens (tertiary/aromatic N) is 3. The minimum Gasteiger partial charge on any atom is -0.497 e. The SMILES string of the molecule is CCCCn1c(NCc2ccc(OC)cc2)c(/C=C2/SC(=S)N(CCCC(=O)O)C2=O)c(C)c(C#N)c1=O. The van der Waals surface area contributed by atoms with E-state index in [-0.39, 0.29) is 36.4 Å². The first-order valence-electron chi connectivity index (χ1n) is 12.2. The van der Waals surface area contributed by atoms with E-state index in [1.54, 1.807) is 24.7 Å². The zero-order valence-electron chi connectivity index (χ0n) is 21.6. The Morgan fingerprint density at radius 2 is 1.95 bits per heavy atom. The van der Waals surface area contributed by atoms with Gasteiger partial charge in [0.1, 0.15) is 27.5 Å². The summed E-state index contributed by atoms with van der Waals surface area (Å²) in [4.78, 5) is 39.1. The summed E-state index contributed by atoms with van der Waals surface area (Å²) in [5.41, 5.74) is 1.64. The molecule has 1 saturated heterocycles. The Morgan fingerprint density at radius 1 is 1.24 bits per heavy atom. The molecule has 2 aromatic rings. The summed E-state index contributed by atoms with van der Waals surface area (Å²) in [5.74, 6) is -0.0101. The van der Waals surface area contributed by atoms with Crippen molar-refractivity contribution in [2.75, 3.05) is 19.0 Å². The number of hydrogen-bond acceptors (Lipinski definition) is 8. The summed E-state index contributed by atoms with van der Waals surface area (Å²) in [5, 5.41) is 22.1. The van der Waals surface area contributed by atoms with Crippen LogP contribution in [0.1, 0.15) is 54.9 Å². The van der Waals surface area contributed by atoms with Gasteiger partial charge in [0.05, 0.1) is 12.0 Å². The zero-order chi connectivity index (χ0) is 27.8. The van der Waals surface area contributed by atoms with Crippen LogP contribution in [0, 0.1) is 18.3 Å². The lowest BCUT2D eigenvalue weighted by molar-refractivity contribution is -0.137. The molecular weight excluding hydrogens is 524 g/mol. The number of nitrogens with one attached hydrogen (secondary N) is 1. The second-order valence-electron chi connectivity index (χ2n) is 8.72. The van der Waals surface area contributed by atoms with Crippen molar-refractivity contribution in [3.05, 3.63) is 61.8 Å². The molecule has 1 fully saturated rings. The molecule has 1 aliphatic rings. The number of carbonyl (C=O) groups is 2. The van der Waals surface area contributed by atoms with Crippen molar-refractivity contribution in [3.8, 4) is 11.8 Å². The number of anilines is 1. The average molecular weight is 555 g/mol. The molecule has 11 heteroatoms. The topological polar surface area (TPSA) is 125 Å². The van der Waals surface area contributed by atoms with Crippen LogP contribution in [0.15, 0.2) is 34.0 Å². The highest BCUT2D eigenvalue weighted by Gasteiger charge is 2.32. The number of carboxylic acid groups (broad SMARTS) is 1. The lowest BCUT2D eigenvalue weighted by atomic mass is 10.0. The first kappa shape index (κ1) is 28.9. The molecule has 1 amide bonds. The third kappa shape index (κ3) is 6.62. The molecule has 0 saturated carbocycles. The molecule has 3 rings (SSSR count). The number of aromatic nitrogens is 1. The second-order valence-corrected chi connectivity index (χ2v) is 10.4.